The van der Waals surface area contributed by atoms with E-state index in [2.05, 4.69) is 0 Å². The van der Waals surface area contributed by atoms with Crippen LogP contribution in [0, 0.1) is 10.1 Å². The molecule has 0 saturated carbocycles. The molecule has 0 amide bonds. The normalized spacial score (nSPS) is 12.2. The Kier molecular flexibility index (Phi) is 5.29. The van der Waals surface area contributed by atoms with Crippen molar-refractivity contribution in [1.29, 1.82) is 0 Å². The second-order valence-electron chi connectivity index (χ2n) is 4.80. The van der Waals surface area contributed by atoms with Gasteiger partial charge in [0.1, 0.15) is 11.3 Å². The van der Waals surface area contributed by atoms with Crippen molar-refractivity contribution < 1.29 is 36.0 Å². The van der Waals surface area contributed by atoms with E-state index in [4.69, 9.17) is 27.9 Å². The topological polar surface area (TPSA) is 52.4 Å². The Labute approximate surface area is 151 Å². The number of rotatable bonds is 3. The van der Waals surface area contributed by atoms with E-state index in [1.54, 1.807) is 0 Å². The van der Waals surface area contributed by atoms with Crippen molar-refractivity contribution in [1.82, 2.24) is 0 Å². The second kappa shape index (κ2) is 6.84. The van der Waals surface area contributed by atoms with E-state index in [1.165, 1.54) is 0 Å². The van der Waals surface area contributed by atoms with Gasteiger partial charge in [0, 0.05) is 6.07 Å². The molecule has 0 radical (unpaired) electrons. The SMILES string of the molecule is O=[N+]([O-])c1ccc(Oc2c(Cl)cc(C(F)(F)F)cc2Cl)cc1C(F)(F)F. The smallest absolute Gasteiger partial charge is 0.423 e. The van der Waals surface area contributed by atoms with Crippen LogP contribution in [0.25, 0.3) is 0 Å². The van der Waals surface area contributed by atoms with E-state index in [0.29, 0.717) is 24.3 Å². The number of hydrogen-bond acceptors (Lipinski definition) is 3. The van der Waals surface area contributed by atoms with Crippen molar-refractivity contribution in [2.24, 2.45) is 0 Å². The predicted molar refractivity (Wildman–Crippen MR) is 79.6 cm³/mol. The molecule has 0 bridgehead atoms. The maximum absolute atomic E-state index is 12.9. The summed E-state index contributed by atoms with van der Waals surface area (Å²) in [6.07, 6.45) is -9.81. The van der Waals surface area contributed by atoms with Crippen LogP contribution in [0.1, 0.15) is 11.1 Å². The van der Waals surface area contributed by atoms with Crippen molar-refractivity contribution in [3.8, 4) is 11.5 Å². The number of halogens is 8. The summed E-state index contributed by atoms with van der Waals surface area (Å²) in [6.45, 7) is 0. The van der Waals surface area contributed by atoms with E-state index < -0.39 is 55.6 Å². The Bertz CT molecular complexity index is 844. The number of nitrogens with zero attached hydrogens (tertiary/aromatic N) is 1. The van der Waals surface area contributed by atoms with Crippen molar-refractivity contribution >= 4 is 28.9 Å². The quantitative estimate of drug-likeness (QED) is 0.314. The number of nitro groups is 1. The Morgan fingerprint density at radius 1 is 0.923 bits per heavy atom. The van der Waals surface area contributed by atoms with E-state index in [9.17, 15) is 36.5 Å². The summed E-state index contributed by atoms with van der Waals surface area (Å²) in [5.41, 5.74) is -3.99. The lowest BCUT2D eigenvalue weighted by Gasteiger charge is -2.14. The molecular formula is C14H5Cl2F6NO3. The van der Waals surface area contributed by atoms with Crippen LogP contribution in [0.15, 0.2) is 30.3 Å². The molecule has 0 saturated heterocycles. The van der Waals surface area contributed by atoms with Crippen LogP contribution in [-0.2, 0) is 12.4 Å². The molecule has 0 spiro atoms. The molecular weight excluding hydrogens is 415 g/mol. The molecule has 0 aromatic heterocycles. The number of nitro benzene ring substituents is 1. The minimum Gasteiger partial charge on any atom is -0.454 e. The monoisotopic (exact) mass is 419 g/mol. The molecule has 12 heteroatoms. The zero-order chi connectivity index (χ0) is 19.9. The van der Waals surface area contributed by atoms with Gasteiger partial charge in [-0.3, -0.25) is 10.1 Å². The van der Waals surface area contributed by atoms with Crippen LogP contribution in [0.3, 0.4) is 0 Å². The van der Waals surface area contributed by atoms with Gasteiger partial charge in [-0.05, 0) is 24.3 Å². The average molecular weight is 420 g/mol. The summed E-state index contributed by atoms with van der Waals surface area (Å²) in [7, 11) is 0. The Morgan fingerprint density at radius 3 is 1.88 bits per heavy atom. The van der Waals surface area contributed by atoms with Gasteiger partial charge in [-0.15, -0.1) is 0 Å². The van der Waals surface area contributed by atoms with Gasteiger partial charge in [0.2, 0.25) is 0 Å². The van der Waals surface area contributed by atoms with Crippen molar-refractivity contribution in [2.45, 2.75) is 12.4 Å². The summed E-state index contributed by atoms with van der Waals surface area (Å²) in [5, 5.41) is 9.49. The second-order valence-corrected chi connectivity index (χ2v) is 5.62. The minimum atomic E-state index is -5.06. The molecule has 26 heavy (non-hydrogen) atoms. The third kappa shape index (κ3) is 4.31. The first-order valence-corrected chi connectivity index (χ1v) is 7.16. The maximum atomic E-state index is 12.9. The lowest BCUT2D eigenvalue weighted by Crippen LogP contribution is -2.09. The lowest BCUT2D eigenvalue weighted by atomic mass is 10.1. The van der Waals surface area contributed by atoms with Crippen LogP contribution in [0.4, 0.5) is 32.0 Å². The Morgan fingerprint density at radius 2 is 1.46 bits per heavy atom. The first kappa shape index (κ1) is 20.1. The summed E-state index contributed by atoms with van der Waals surface area (Å²) < 4.78 is 81.8. The van der Waals surface area contributed by atoms with Gasteiger partial charge in [-0.25, -0.2) is 0 Å². The number of alkyl halides is 6. The molecule has 2 aromatic rings. The van der Waals surface area contributed by atoms with Crippen LogP contribution >= 0.6 is 23.2 Å². The van der Waals surface area contributed by atoms with Gasteiger partial charge in [-0.2, -0.15) is 26.3 Å². The average Bonchev–Trinajstić information content (AvgIpc) is 2.48. The molecule has 0 aliphatic carbocycles. The van der Waals surface area contributed by atoms with Gasteiger partial charge in [0.05, 0.1) is 20.5 Å². The highest BCUT2D eigenvalue weighted by Gasteiger charge is 2.39. The fourth-order valence-electron chi connectivity index (χ4n) is 1.90. The van der Waals surface area contributed by atoms with Gasteiger partial charge < -0.3 is 4.74 Å². The van der Waals surface area contributed by atoms with E-state index in [-0.39, 0.29) is 0 Å². The third-order valence-corrected chi connectivity index (χ3v) is 3.58. The fourth-order valence-corrected chi connectivity index (χ4v) is 2.47. The predicted octanol–water partition coefficient (Wildman–Crippen LogP) is 6.73. The van der Waals surface area contributed by atoms with Crippen LogP contribution in [0.5, 0.6) is 11.5 Å². The molecule has 0 unspecified atom stereocenters. The molecule has 140 valence electrons. The molecule has 0 N–H and O–H groups in total. The van der Waals surface area contributed by atoms with Crippen molar-refractivity contribution in [2.75, 3.05) is 0 Å². The molecule has 0 aliphatic rings. The highest BCUT2D eigenvalue weighted by molar-refractivity contribution is 6.37. The summed E-state index contributed by atoms with van der Waals surface area (Å²) in [6, 6.07) is 2.67. The fraction of sp³-hybridized carbons (Fsp3) is 0.143. The first-order valence-electron chi connectivity index (χ1n) is 6.40. The van der Waals surface area contributed by atoms with Gasteiger partial charge >= 0.3 is 12.4 Å². The molecule has 0 atom stereocenters. The molecule has 4 nitrogen and oxygen atoms in total. The molecule has 0 heterocycles. The number of benzene rings is 2. The van der Waals surface area contributed by atoms with Crippen molar-refractivity contribution in [3.63, 3.8) is 0 Å². The van der Waals surface area contributed by atoms with E-state index in [1.807, 2.05) is 0 Å². The summed E-state index contributed by atoms with van der Waals surface area (Å²) >= 11 is 11.3. The zero-order valence-electron chi connectivity index (χ0n) is 12.1. The van der Waals surface area contributed by atoms with E-state index >= 15 is 0 Å². The van der Waals surface area contributed by atoms with Crippen LogP contribution < -0.4 is 4.74 Å². The van der Waals surface area contributed by atoms with E-state index in [0.717, 1.165) is 6.07 Å². The lowest BCUT2D eigenvalue weighted by molar-refractivity contribution is -0.388. The van der Waals surface area contributed by atoms with Crippen molar-refractivity contribution in [3.05, 3.63) is 61.6 Å². The molecule has 2 aromatic carbocycles. The zero-order valence-corrected chi connectivity index (χ0v) is 13.6. The largest absolute Gasteiger partial charge is 0.454 e. The Balaban J connectivity index is 2.48. The minimum absolute atomic E-state index is 0.322. The first-order chi connectivity index (χ1) is 11.8. The van der Waals surface area contributed by atoms with Gasteiger partial charge in [0.25, 0.3) is 5.69 Å². The highest BCUT2D eigenvalue weighted by Crippen LogP contribution is 2.43. The van der Waals surface area contributed by atoms with Gasteiger partial charge in [0.15, 0.2) is 5.75 Å². The highest BCUT2D eigenvalue weighted by atomic mass is 35.5. The number of ether oxygens (including phenoxy) is 1. The van der Waals surface area contributed by atoms with Crippen LogP contribution in [0.2, 0.25) is 10.0 Å². The maximum Gasteiger partial charge on any atom is 0.423 e. The standard InChI is InChI=1S/C14H5Cl2F6NO3/c15-9-3-6(13(17,18)19)4-10(16)12(9)26-7-1-2-11(23(24)25)8(5-7)14(20,21)22/h1-5H. The Hall–Kier alpha value is -2.20. The molecule has 2 rings (SSSR count). The third-order valence-electron chi connectivity index (χ3n) is 3.02. The van der Waals surface area contributed by atoms with Gasteiger partial charge in [-0.1, -0.05) is 23.2 Å². The summed E-state index contributed by atoms with van der Waals surface area (Å²) in [5.74, 6) is -1.07. The van der Waals surface area contributed by atoms with Crippen LogP contribution in [-0.4, -0.2) is 4.92 Å². The summed E-state index contributed by atoms with van der Waals surface area (Å²) in [4.78, 5) is 9.46. The molecule has 0 fully saturated rings. The number of hydrogen-bond donors (Lipinski definition) is 0. The molecule has 0 aliphatic heterocycles.